The van der Waals surface area contributed by atoms with Gasteiger partial charge in [-0.05, 0) is 24.3 Å². The maximum Gasteiger partial charge on any atom is 0.279 e. The fraction of sp³-hybridized carbons (Fsp3) is 0.533. The van der Waals surface area contributed by atoms with Crippen LogP contribution in [0.1, 0.15) is 12.8 Å². The number of anilines is 1. The molecule has 1 aromatic carbocycles. The zero-order chi connectivity index (χ0) is 14.7. The molecular weight excluding hydrogens is 292 g/mol. The second-order valence-electron chi connectivity index (χ2n) is 5.59. The van der Waals surface area contributed by atoms with E-state index >= 15 is 0 Å². The number of likely N-dealkylation sites (tertiary alicyclic amines) is 1. The Hall–Kier alpha value is -1.14. The zero-order valence-electron chi connectivity index (χ0n) is 11.9. The molecule has 6 heteroatoms. The van der Waals surface area contributed by atoms with Gasteiger partial charge in [0.2, 0.25) is 0 Å². The van der Waals surface area contributed by atoms with Crippen molar-refractivity contribution in [1.82, 2.24) is 0 Å². The monoisotopic (exact) mass is 311 g/mol. The fourth-order valence-corrected chi connectivity index (χ4v) is 3.04. The number of halogens is 1. The molecule has 0 saturated carbocycles. The van der Waals surface area contributed by atoms with Crippen LogP contribution >= 0.6 is 11.6 Å². The Kier molecular flexibility index (Phi) is 4.45. The summed E-state index contributed by atoms with van der Waals surface area (Å²) in [7, 11) is 0. The van der Waals surface area contributed by atoms with Gasteiger partial charge in [-0.2, -0.15) is 0 Å². The summed E-state index contributed by atoms with van der Waals surface area (Å²) in [5.41, 5.74) is 0.778. The first kappa shape index (κ1) is 14.8. The molecule has 0 radical (unpaired) electrons. The van der Waals surface area contributed by atoms with Gasteiger partial charge in [0.05, 0.1) is 39.1 Å². The SMILES string of the molecule is O=C(C[NH+]1CCC2(CC1)OCCO2)Nc1ccc(Cl)cc1. The van der Waals surface area contributed by atoms with E-state index in [0.717, 1.165) is 31.6 Å². The molecular formula is C15H20ClN2O3+. The largest absolute Gasteiger partial charge is 0.347 e. The predicted molar refractivity (Wildman–Crippen MR) is 79.5 cm³/mol. The van der Waals surface area contributed by atoms with Crippen LogP contribution in [-0.4, -0.2) is 44.5 Å². The second-order valence-corrected chi connectivity index (χ2v) is 6.03. The summed E-state index contributed by atoms with van der Waals surface area (Å²) in [6, 6.07) is 7.15. The van der Waals surface area contributed by atoms with Crippen molar-refractivity contribution >= 4 is 23.2 Å². The predicted octanol–water partition coefficient (Wildman–Crippen LogP) is 0.700. The number of benzene rings is 1. The lowest BCUT2D eigenvalue weighted by molar-refractivity contribution is -0.900. The number of carbonyl (C=O) groups is 1. The van der Waals surface area contributed by atoms with Gasteiger partial charge in [0.15, 0.2) is 12.3 Å². The number of hydrogen-bond donors (Lipinski definition) is 2. The van der Waals surface area contributed by atoms with E-state index < -0.39 is 0 Å². The number of nitrogens with one attached hydrogen (secondary N) is 2. The molecule has 0 aliphatic carbocycles. The van der Waals surface area contributed by atoms with Crippen molar-refractivity contribution in [2.75, 3.05) is 38.2 Å². The molecule has 2 N–H and O–H groups in total. The fourth-order valence-electron chi connectivity index (χ4n) is 2.91. The van der Waals surface area contributed by atoms with Crippen LogP contribution in [0.25, 0.3) is 0 Å². The van der Waals surface area contributed by atoms with Gasteiger partial charge < -0.3 is 19.7 Å². The number of piperidine rings is 1. The molecule has 1 aromatic rings. The summed E-state index contributed by atoms with van der Waals surface area (Å²) >= 11 is 5.82. The van der Waals surface area contributed by atoms with Crippen LogP contribution in [0.15, 0.2) is 24.3 Å². The van der Waals surface area contributed by atoms with Crippen molar-refractivity contribution in [2.24, 2.45) is 0 Å². The summed E-state index contributed by atoms with van der Waals surface area (Å²) in [4.78, 5) is 13.3. The highest BCUT2D eigenvalue weighted by Gasteiger charge is 2.41. The molecule has 5 nitrogen and oxygen atoms in total. The molecule has 0 unspecified atom stereocenters. The van der Waals surface area contributed by atoms with Crippen LogP contribution in [0.5, 0.6) is 0 Å². The van der Waals surface area contributed by atoms with Crippen LogP contribution in [0.4, 0.5) is 5.69 Å². The van der Waals surface area contributed by atoms with Gasteiger partial charge in [-0.15, -0.1) is 0 Å². The number of amides is 1. The lowest BCUT2D eigenvalue weighted by Crippen LogP contribution is -3.14. The van der Waals surface area contributed by atoms with Crippen molar-refractivity contribution in [3.8, 4) is 0 Å². The van der Waals surface area contributed by atoms with E-state index in [1.165, 1.54) is 4.90 Å². The molecule has 0 aromatic heterocycles. The summed E-state index contributed by atoms with van der Waals surface area (Å²) in [5, 5.41) is 3.56. The molecule has 21 heavy (non-hydrogen) atoms. The lowest BCUT2D eigenvalue weighted by atomic mass is 10.0. The minimum Gasteiger partial charge on any atom is -0.347 e. The number of carbonyl (C=O) groups excluding carboxylic acids is 1. The van der Waals surface area contributed by atoms with Crippen molar-refractivity contribution in [2.45, 2.75) is 18.6 Å². The van der Waals surface area contributed by atoms with E-state index in [4.69, 9.17) is 21.1 Å². The minimum absolute atomic E-state index is 0.0246. The minimum atomic E-state index is -0.365. The van der Waals surface area contributed by atoms with Crippen molar-refractivity contribution < 1.29 is 19.2 Å². The van der Waals surface area contributed by atoms with Crippen LogP contribution in [0.3, 0.4) is 0 Å². The highest BCUT2D eigenvalue weighted by molar-refractivity contribution is 6.30. The summed E-state index contributed by atoms with van der Waals surface area (Å²) in [6.45, 7) is 3.64. The molecule has 3 rings (SSSR count). The molecule has 2 aliphatic rings. The first-order valence-corrected chi connectivity index (χ1v) is 7.70. The third-order valence-corrected chi connectivity index (χ3v) is 4.32. The highest BCUT2D eigenvalue weighted by Crippen LogP contribution is 2.27. The maximum atomic E-state index is 12.1. The van der Waals surface area contributed by atoms with Crippen LogP contribution in [-0.2, 0) is 14.3 Å². The Morgan fingerprint density at radius 1 is 1.19 bits per heavy atom. The normalized spacial score (nSPS) is 21.6. The van der Waals surface area contributed by atoms with E-state index in [1.807, 2.05) is 0 Å². The van der Waals surface area contributed by atoms with Crippen LogP contribution in [0.2, 0.25) is 5.02 Å². The Morgan fingerprint density at radius 3 is 2.43 bits per heavy atom. The van der Waals surface area contributed by atoms with Crippen LogP contribution < -0.4 is 10.2 Å². The van der Waals surface area contributed by atoms with E-state index in [-0.39, 0.29) is 11.7 Å². The molecule has 114 valence electrons. The first-order chi connectivity index (χ1) is 10.2. The van der Waals surface area contributed by atoms with Gasteiger partial charge in [0, 0.05) is 10.7 Å². The number of hydrogen-bond acceptors (Lipinski definition) is 3. The summed E-state index contributed by atoms with van der Waals surface area (Å²) < 4.78 is 11.4. The van der Waals surface area contributed by atoms with Crippen LogP contribution in [0, 0.1) is 0 Å². The molecule has 2 fully saturated rings. The molecule has 2 saturated heterocycles. The Morgan fingerprint density at radius 2 is 1.81 bits per heavy atom. The van der Waals surface area contributed by atoms with Crippen molar-refractivity contribution in [3.05, 3.63) is 29.3 Å². The van der Waals surface area contributed by atoms with Gasteiger partial charge in [-0.3, -0.25) is 4.79 Å². The molecule has 0 bridgehead atoms. The Bertz CT molecular complexity index is 490. The lowest BCUT2D eigenvalue weighted by Gasteiger charge is -2.34. The van der Waals surface area contributed by atoms with Gasteiger partial charge in [0.25, 0.3) is 5.91 Å². The average molecular weight is 312 g/mol. The highest BCUT2D eigenvalue weighted by atomic mass is 35.5. The van der Waals surface area contributed by atoms with Gasteiger partial charge in [-0.1, -0.05) is 11.6 Å². The van der Waals surface area contributed by atoms with E-state index in [1.54, 1.807) is 24.3 Å². The number of quaternary nitrogens is 1. The van der Waals surface area contributed by atoms with Gasteiger partial charge in [-0.25, -0.2) is 0 Å². The van der Waals surface area contributed by atoms with Gasteiger partial charge >= 0.3 is 0 Å². The number of ether oxygens (including phenoxy) is 2. The Balaban J connectivity index is 1.46. The molecule has 2 heterocycles. The second kappa shape index (κ2) is 6.32. The third kappa shape index (κ3) is 3.74. The third-order valence-electron chi connectivity index (χ3n) is 4.07. The van der Waals surface area contributed by atoms with Crippen molar-refractivity contribution in [1.29, 1.82) is 0 Å². The summed E-state index contributed by atoms with van der Waals surface area (Å²) in [6.07, 6.45) is 1.72. The zero-order valence-corrected chi connectivity index (χ0v) is 12.6. The molecule has 0 atom stereocenters. The number of rotatable bonds is 3. The maximum absolute atomic E-state index is 12.1. The van der Waals surface area contributed by atoms with Gasteiger partial charge in [0.1, 0.15) is 0 Å². The molecule has 1 amide bonds. The standard InChI is InChI=1S/C15H19ClN2O3/c16-12-1-3-13(4-2-12)17-14(19)11-18-7-5-15(6-8-18)20-9-10-21-15/h1-4H,5-11H2,(H,17,19)/p+1. The first-order valence-electron chi connectivity index (χ1n) is 7.32. The van der Waals surface area contributed by atoms with E-state index in [2.05, 4.69) is 5.32 Å². The molecule has 2 aliphatic heterocycles. The molecule has 1 spiro atoms. The average Bonchev–Trinajstić information content (AvgIpc) is 2.93. The summed E-state index contributed by atoms with van der Waals surface area (Å²) in [5.74, 6) is -0.340. The smallest absolute Gasteiger partial charge is 0.279 e. The van der Waals surface area contributed by atoms with E-state index in [9.17, 15) is 4.79 Å². The quantitative estimate of drug-likeness (QED) is 0.864. The van der Waals surface area contributed by atoms with E-state index in [0.29, 0.717) is 24.8 Å². The Labute approximate surface area is 129 Å². The topological polar surface area (TPSA) is 52.0 Å². The van der Waals surface area contributed by atoms with Crippen molar-refractivity contribution in [3.63, 3.8) is 0 Å².